The molecule has 11 rings (SSSR count). The van der Waals surface area contributed by atoms with Gasteiger partial charge in [-0.1, -0.05) is 206 Å². The van der Waals surface area contributed by atoms with E-state index in [0.717, 1.165) is 83.5 Å². The normalized spacial score (nSPS) is 12.5. The second-order valence-corrected chi connectivity index (χ2v) is 21.4. The Kier molecular flexibility index (Phi) is 12.0. The topological polar surface area (TPSA) is 50.9 Å². The Balaban J connectivity index is 1.19. The van der Waals surface area contributed by atoms with Gasteiger partial charge >= 0.3 is 0 Å². The summed E-state index contributed by atoms with van der Waals surface area (Å²) in [4.78, 5) is 10.7. The number of aryl methyl sites for hydroxylation is 1. The van der Waals surface area contributed by atoms with Crippen molar-refractivity contribution in [1.82, 2.24) is 14.5 Å². The van der Waals surface area contributed by atoms with Gasteiger partial charge in [0.15, 0.2) is 0 Å². The van der Waals surface area contributed by atoms with Gasteiger partial charge in [0.25, 0.3) is 0 Å². The van der Waals surface area contributed by atoms with Crippen LogP contribution in [0.5, 0.6) is 5.75 Å². The van der Waals surface area contributed by atoms with Crippen molar-refractivity contribution in [2.75, 3.05) is 0 Å². The minimum absolute atomic E-state index is 0.0000363. The first-order chi connectivity index (χ1) is 37.5. The van der Waals surface area contributed by atoms with E-state index in [4.69, 9.17) is 14.1 Å². The zero-order valence-electron chi connectivity index (χ0n) is 46.7. The molecular weight excluding hydrogens is 911 g/mol. The number of aromatic hydroxyl groups is 1. The van der Waals surface area contributed by atoms with E-state index in [1.165, 1.54) is 11.1 Å². The molecular formula is C71H63N3O. The first-order valence-electron chi connectivity index (χ1n) is 27.6. The van der Waals surface area contributed by atoms with Gasteiger partial charge in [0.2, 0.25) is 0 Å². The number of para-hydroxylation sites is 1. The Morgan fingerprint density at radius 3 is 1.67 bits per heavy atom. The van der Waals surface area contributed by atoms with Crippen LogP contribution < -0.4 is 0 Å². The molecule has 2 aromatic heterocycles. The highest BCUT2D eigenvalue weighted by atomic mass is 16.3. The number of pyridine rings is 1. The lowest BCUT2D eigenvalue weighted by atomic mass is 9.85. The summed E-state index contributed by atoms with van der Waals surface area (Å²) in [6, 6.07) is 73.0. The predicted octanol–water partition coefficient (Wildman–Crippen LogP) is 19.3. The zero-order valence-corrected chi connectivity index (χ0v) is 43.7. The molecule has 0 saturated heterocycles. The molecule has 4 heteroatoms. The van der Waals surface area contributed by atoms with Gasteiger partial charge in [0.05, 0.1) is 28.0 Å². The average molecular weight is 977 g/mol. The lowest BCUT2D eigenvalue weighted by molar-refractivity contribution is 0.466. The number of nitrogens with zero attached hydrogens (tertiary/aromatic N) is 3. The largest absolute Gasteiger partial charge is 0.507 e. The summed E-state index contributed by atoms with van der Waals surface area (Å²) >= 11 is 0. The van der Waals surface area contributed by atoms with Gasteiger partial charge in [-0.15, -0.1) is 0 Å². The molecule has 0 fully saturated rings. The lowest BCUT2D eigenvalue weighted by Gasteiger charge is -2.22. The molecule has 75 heavy (non-hydrogen) atoms. The van der Waals surface area contributed by atoms with Crippen molar-refractivity contribution in [3.8, 4) is 101 Å². The molecule has 0 radical (unpaired) electrons. The molecule has 0 amide bonds. The number of fused-ring (bicyclic) bond motifs is 1. The highest BCUT2D eigenvalue weighted by Crippen LogP contribution is 2.46. The fraction of sp³-hybridized carbons (Fsp3) is 0.155. The van der Waals surface area contributed by atoms with E-state index in [0.29, 0.717) is 28.2 Å². The van der Waals surface area contributed by atoms with Crippen molar-refractivity contribution in [2.24, 2.45) is 0 Å². The van der Waals surface area contributed by atoms with Crippen LogP contribution in [0.1, 0.15) is 86.7 Å². The van der Waals surface area contributed by atoms with Gasteiger partial charge in [-0.3, -0.25) is 9.55 Å². The number of aromatic nitrogens is 3. The van der Waals surface area contributed by atoms with Crippen molar-refractivity contribution >= 4 is 11.0 Å². The number of benzene rings is 9. The molecule has 9 aromatic carbocycles. The van der Waals surface area contributed by atoms with Crippen LogP contribution in [0.2, 0.25) is 0 Å². The SMILES string of the molecule is [2H]C([2H])([2H])c1cc(-n2c(-c3cc(C(C)C)cc(C(C)C)c3O)nc3c(-c4cc(-c5ccccc5)cc(-c5cc(-c6ccc(-c7ccccc7)cc6)ccn5)c4)cccc32)c(-c2ccc(C(C)(C)C)cc2)cc1-c1ccccc1. The number of phenolic OH excluding ortho intramolecular Hbond substituents is 1. The van der Waals surface area contributed by atoms with Crippen molar-refractivity contribution in [3.05, 3.63) is 241 Å². The van der Waals surface area contributed by atoms with Crippen molar-refractivity contribution < 1.29 is 9.22 Å². The molecule has 0 aliphatic heterocycles. The van der Waals surface area contributed by atoms with Crippen LogP contribution in [0.25, 0.3) is 106 Å². The van der Waals surface area contributed by atoms with E-state index < -0.39 is 6.85 Å². The van der Waals surface area contributed by atoms with Gasteiger partial charge in [0, 0.05) is 27.0 Å². The van der Waals surface area contributed by atoms with Crippen LogP contribution >= 0.6 is 0 Å². The van der Waals surface area contributed by atoms with Gasteiger partial charge in [-0.2, -0.15) is 0 Å². The zero-order chi connectivity index (χ0) is 54.5. The van der Waals surface area contributed by atoms with E-state index in [1.54, 1.807) is 0 Å². The van der Waals surface area contributed by atoms with E-state index in [-0.39, 0.29) is 28.6 Å². The van der Waals surface area contributed by atoms with Crippen molar-refractivity contribution in [1.29, 1.82) is 0 Å². The fourth-order valence-corrected chi connectivity index (χ4v) is 10.4. The number of hydrogen-bond donors (Lipinski definition) is 1. The van der Waals surface area contributed by atoms with Crippen molar-refractivity contribution in [3.63, 3.8) is 0 Å². The summed E-state index contributed by atoms with van der Waals surface area (Å²) < 4.78 is 29.4. The van der Waals surface area contributed by atoms with Crippen LogP contribution in [-0.2, 0) is 5.41 Å². The van der Waals surface area contributed by atoms with E-state index >= 15 is 0 Å². The Morgan fingerprint density at radius 1 is 0.467 bits per heavy atom. The van der Waals surface area contributed by atoms with Gasteiger partial charge < -0.3 is 5.11 Å². The second kappa shape index (κ2) is 20.0. The Hall–Kier alpha value is -8.60. The molecule has 0 saturated carbocycles. The summed E-state index contributed by atoms with van der Waals surface area (Å²) in [5.41, 5.74) is 19.1. The molecule has 0 unspecified atom stereocenters. The molecule has 2 heterocycles. The van der Waals surface area contributed by atoms with Gasteiger partial charge in [-0.05, 0) is 157 Å². The Labute approximate surface area is 447 Å². The first-order valence-corrected chi connectivity index (χ1v) is 26.1. The van der Waals surface area contributed by atoms with Crippen LogP contribution in [0.4, 0.5) is 0 Å². The summed E-state index contributed by atoms with van der Waals surface area (Å²) in [7, 11) is 0. The molecule has 11 aromatic rings. The van der Waals surface area contributed by atoms with Gasteiger partial charge in [0.1, 0.15) is 11.6 Å². The third-order valence-corrected chi connectivity index (χ3v) is 14.6. The van der Waals surface area contributed by atoms with Gasteiger partial charge in [-0.25, -0.2) is 4.98 Å². The fourth-order valence-electron chi connectivity index (χ4n) is 10.4. The van der Waals surface area contributed by atoms with Crippen LogP contribution in [0.15, 0.2) is 219 Å². The standard InChI is InChI=1S/C71H63N3O/c1-45(2)55-41-61(46(3)4)69(75)64(42-55)70-73-68-60(25-18-26-66(68)74(70)67-37-47(5)62(52-23-16-11-17-24-52)44-63(67)53-31-33-59(34-32-53)71(6,7)8)57-38-56(49-21-14-10-15-22-49)39-58(40-57)65-43-54(35-36-72-65)51-29-27-50(28-30-51)48-19-12-9-13-20-48/h9-46,75H,1-8H3/i5D3. The third kappa shape index (κ3) is 9.61. The summed E-state index contributed by atoms with van der Waals surface area (Å²) in [6.45, 7) is 12.6. The van der Waals surface area contributed by atoms with Crippen LogP contribution in [-0.4, -0.2) is 19.6 Å². The molecule has 0 atom stereocenters. The minimum atomic E-state index is -2.49. The number of rotatable bonds is 11. The maximum absolute atomic E-state index is 12.6. The quantitative estimate of drug-likeness (QED) is 0.140. The number of phenols is 1. The van der Waals surface area contributed by atoms with Crippen LogP contribution in [0, 0.1) is 6.85 Å². The highest BCUT2D eigenvalue weighted by Gasteiger charge is 2.26. The third-order valence-electron chi connectivity index (χ3n) is 14.6. The average Bonchev–Trinajstić information content (AvgIpc) is 4.07. The first kappa shape index (κ1) is 45.0. The van der Waals surface area contributed by atoms with Crippen molar-refractivity contribution in [2.45, 2.75) is 72.6 Å². The smallest absolute Gasteiger partial charge is 0.149 e. The van der Waals surface area contributed by atoms with E-state index in [9.17, 15) is 5.11 Å². The summed E-state index contributed by atoms with van der Waals surface area (Å²) in [5, 5.41) is 12.6. The maximum atomic E-state index is 12.6. The molecule has 0 bridgehead atoms. The molecule has 0 aliphatic rings. The summed E-state index contributed by atoms with van der Waals surface area (Å²) in [6.07, 6.45) is 1.88. The molecule has 1 N–H and O–H groups in total. The van der Waals surface area contributed by atoms with E-state index in [2.05, 4.69) is 211 Å². The molecule has 0 aliphatic carbocycles. The Morgan fingerprint density at radius 2 is 1.04 bits per heavy atom. The minimum Gasteiger partial charge on any atom is -0.507 e. The highest BCUT2D eigenvalue weighted by molar-refractivity contribution is 5.99. The molecule has 368 valence electrons. The maximum Gasteiger partial charge on any atom is 0.149 e. The number of hydrogen-bond acceptors (Lipinski definition) is 3. The molecule has 4 nitrogen and oxygen atoms in total. The number of imidazole rings is 1. The predicted molar refractivity (Wildman–Crippen MR) is 316 cm³/mol. The second-order valence-electron chi connectivity index (χ2n) is 21.4. The molecule has 0 spiro atoms. The monoisotopic (exact) mass is 977 g/mol. The lowest BCUT2D eigenvalue weighted by Crippen LogP contribution is -2.10. The van der Waals surface area contributed by atoms with Crippen LogP contribution in [0.3, 0.4) is 0 Å². The Bertz CT molecular complexity index is 3970. The summed E-state index contributed by atoms with van der Waals surface area (Å²) in [5.74, 6) is 0.789. The van der Waals surface area contributed by atoms with E-state index in [1.807, 2.05) is 60.8 Å².